The van der Waals surface area contributed by atoms with Crippen LogP contribution in [0.4, 0.5) is 5.69 Å². The van der Waals surface area contributed by atoms with Crippen LogP contribution in [-0.4, -0.2) is 45.8 Å². The fourth-order valence-electron chi connectivity index (χ4n) is 2.24. The number of hydrogen-bond donors (Lipinski definition) is 2. The van der Waals surface area contributed by atoms with Crippen molar-refractivity contribution < 1.29 is 13.2 Å². The summed E-state index contributed by atoms with van der Waals surface area (Å²) < 4.78 is 25.0. The monoisotopic (exact) mass is 311 g/mol. The maximum atomic E-state index is 12.1. The van der Waals surface area contributed by atoms with Crippen LogP contribution in [0.3, 0.4) is 0 Å². The SMILES string of the molecule is CN(C)S(=O)(=O)c1ccc(NC(=O)[C@H]2CCCNC2)cc1. The summed E-state index contributed by atoms with van der Waals surface area (Å²) in [5.41, 5.74) is 0.614. The summed E-state index contributed by atoms with van der Waals surface area (Å²) in [4.78, 5) is 12.3. The normalized spacial score (nSPS) is 19.5. The van der Waals surface area contributed by atoms with Gasteiger partial charge in [-0.2, -0.15) is 0 Å². The van der Waals surface area contributed by atoms with Crippen LogP contribution in [0.1, 0.15) is 12.8 Å². The molecule has 1 aliphatic heterocycles. The molecule has 116 valence electrons. The van der Waals surface area contributed by atoms with Crippen molar-refractivity contribution in [1.29, 1.82) is 0 Å². The quantitative estimate of drug-likeness (QED) is 0.865. The summed E-state index contributed by atoms with van der Waals surface area (Å²) in [7, 11) is -0.458. The van der Waals surface area contributed by atoms with Gasteiger partial charge in [-0.15, -0.1) is 0 Å². The molecule has 1 fully saturated rings. The first-order chi connectivity index (χ1) is 9.91. The van der Waals surface area contributed by atoms with Crippen LogP contribution < -0.4 is 10.6 Å². The summed E-state index contributed by atoms with van der Waals surface area (Å²) in [6.07, 6.45) is 1.88. The Morgan fingerprint density at radius 1 is 1.29 bits per heavy atom. The predicted octanol–water partition coefficient (Wildman–Crippen LogP) is 0.875. The van der Waals surface area contributed by atoms with Gasteiger partial charge in [0.2, 0.25) is 15.9 Å². The Labute approximate surface area is 125 Å². The third-order valence-corrected chi connectivity index (χ3v) is 5.40. The molecule has 0 radical (unpaired) electrons. The van der Waals surface area contributed by atoms with E-state index in [-0.39, 0.29) is 16.7 Å². The Bertz CT molecular complexity index is 590. The number of carbonyl (C=O) groups is 1. The van der Waals surface area contributed by atoms with Gasteiger partial charge >= 0.3 is 0 Å². The lowest BCUT2D eigenvalue weighted by molar-refractivity contribution is -0.120. The van der Waals surface area contributed by atoms with E-state index in [0.717, 1.165) is 23.7 Å². The van der Waals surface area contributed by atoms with Crippen LogP contribution in [0.15, 0.2) is 29.2 Å². The molecule has 6 nitrogen and oxygen atoms in total. The average molecular weight is 311 g/mol. The van der Waals surface area contributed by atoms with Gasteiger partial charge in [0.1, 0.15) is 0 Å². The molecule has 7 heteroatoms. The van der Waals surface area contributed by atoms with E-state index >= 15 is 0 Å². The van der Waals surface area contributed by atoms with E-state index in [9.17, 15) is 13.2 Å². The molecular weight excluding hydrogens is 290 g/mol. The lowest BCUT2D eigenvalue weighted by Gasteiger charge is -2.22. The van der Waals surface area contributed by atoms with Gasteiger partial charge in [0.25, 0.3) is 0 Å². The highest BCUT2D eigenvalue weighted by Crippen LogP contribution is 2.18. The van der Waals surface area contributed by atoms with E-state index in [4.69, 9.17) is 0 Å². The summed E-state index contributed by atoms with van der Waals surface area (Å²) in [6, 6.07) is 6.24. The number of anilines is 1. The first kappa shape index (κ1) is 15.9. The van der Waals surface area contributed by atoms with E-state index in [0.29, 0.717) is 12.2 Å². The van der Waals surface area contributed by atoms with Crippen molar-refractivity contribution in [3.05, 3.63) is 24.3 Å². The zero-order valence-electron chi connectivity index (χ0n) is 12.3. The van der Waals surface area contributed by atoms with E-state index < -0.39 is 10.0 Å². The molecule has 0 aromatic heterocycles. The van der Waals surface area contributed by atoms with Crippen molar-refractivity contribution in [3.8, 4) is 0 Å². The molecule has 1 amide bonds. The van der Waals surface area contributed by atoms with E-state index in [1.165, 1.54) is 26.2 Å². The number of amides is 1. The molecule has 21 heavy (non-hydrogen) atoms. The van der Waals surface area contributed by atoms with Crippen LogP contribution in [0.25, 0.3) is 0 Å². The van der Waals surface area contributed by atoms with Gasteiger partial charge in [0.15, 0.2) is 0 Å². The highest BCUT2D eigenvalue weighted by molar-refractivity contribution is 7.89. The number of nitrogens with one attached hydrogen (secondary N) is 2. The fraction of sp³-hybridized carbons (Fsp3) is 0.500. The Morgan fingerprint density at radius 2 is 1.95 bits per heavy atom. The summed E-state index contributed by atoms with van der Waals surface area (Å²) in [5.74, 6) is -0.0469. The van der Waals surface area contributed by atoms with E-state index in [2.05, 4.69) is 10.6 Å². The average Bonchev–Trinajstić information content (AvgIpc) is 2.48. The molecular formula is C14H21N3O3S. The molecule has 0 saturated carbocycles. The largest absolute Gasteiger partial charge is 0.326 e. The minimum atomic E-state index is -3.43. The molecule has 1 heterocycles. The number of piperidine rings is 1. The van der Waals surface area contributed by atoms with Crippen molar-refractivity contribution in [1.82, 2.24) is 9.62 Å². The zero-order valence-corrected chi connectivity index (χ0v) is 13.1. The molecule has 1 saturated heterocycles. The zero-order chi connectivity index (χ0) is 15.5. The topological polar surface area (TPSA) is 78.5 Å². The van der Waals surface area contributed by atoms with Crippen molar-refractivity contribution in [2.24, 2.45) is 5.92 Å². The third-order valence-electron chi connectivity index (χ3n) is 3.57. The molecule has 1 aromatic rings. The van der Waals surface area contributed by atoms with E-state index in [1.807, 2.05) is 0 Å². The molecule has 1 aromatic carbocycles. The van der Waals surface area contributed by atoms with Gasteiger partial charge in [-0.3, -0.25) is 4.79 Å². The van der Waals surface area contributed by atoms with Crippen LogP contribution in [-0.2, 0) is 14.8 Å². The molecule has 1 atom stereocenters. The lowest BCUT2D eigenvalue weighted by atomic mass is 9.99. The van der Waals surface area contributed by atoms with Crippen LogP contribution in [0.2, 0.25) is 0 Å². The molecule has 0 spiro atoms. The second-order valence-corrected chi connectivity index (χ2v) is 7.50. The Balaban J connectivity index is 2.04. The van der Waals surface area contributed by atoms with Crippen molar-refractivity contribution >= 4 is 21.6 Å². The fourth-order valence-corrected chi connectivity index (χ4v) is 3.14. The number of hydrogen-bond acceptors (Lipinski definition) is 4. The number of carbonyl (C=O) groups excluding carboxylic acids is 1. The van der Waals surface area contributed by atoms with Crippen molar-refractivity contribution in [2.75, 3.05) is 32.5 Å². The number of benzene rings is 1. The van der Waals surface area contributed by atoms with Crippen LogP contribution >= 0.6 is 0 Å². The standard InChI is InChI=1S/C14H21N3O3S/c1-17(2)21(19,20)13-7-5-12(6-8-13)16-14(18)11-4-3-9-15-10-11/h5-8,11,15H,3-4,9-10H2,1-2H3,(H,16,18)/t11-/m0/s1. The minimum absolute atomic E-state index is 0.0228. The highest BCUT2D eigenvalue weighted by atomic mass is 32.2. The Kier molecular flexibility index (Phi) is 4.97. The minimum Gasteiger partial charge on any atom is -0.326 e. The van der Waals surface area contributed by atoms with Crippen LogP contribution in [0, 0.1) is 5.92 Å². The molecule has 1 aliphatic rings. The summed E-state index contributed by atoms with van der Waals surface area (Å²) in [6.45, 7) is 1.65. The summed E-state index contributed by atoms with van der Waals surface area (Å²) >= 11 is 0. The first-order valence-electron chi connectivity index (χ1n) is 6.95. The molecule has 2 rings (SSSR count). The first-order valence-corrected chi connectivity index (χ1v) is 8.39. The maximum absolute atomic E-state index is 12.1. The van der Waals surface area contributed by atoms with Crippen LogP contribution in [0.5, 0.6) is 0 Å². The Morgan fingerprint density at radius 3 is 2.48 bits per heavy atom. The molecule has 0 unspecified atom stereocenters. The Hall–Kier alpha value is -1.44. The van der Waals surface area contributed by atoms with Gasteiger partial charge in [-0.05, 0) is 43.7 Å². The maximum Gasteiger partial charge on any atom is 0.242 e. The van der Waals surface area contributed by atoms with Gasteiger partial charge in [-0.1, -0.05) is 0 Å². The van der Waals surface area contributed by atoms with Crippen molar-refractivity contribution in [3.63, 3.8) is 0 Å². The van der Waals surface area contributed by atoms with Crippen molar-refractivity contribution in [2.45, 2.75) is 17.7 Å². The van der Waals surface area contributed by atoms with E-state index in [1.54, 1.807) is 12.1 Å². The molecule has 0 aliphatic carbocycles. The van der Waals surface area contributed by atoms with Gasteiger partial charge in [0.05, 0.1) is 10.8 Å². The predicted molar refractivity (Wildman–Crippen MR) is 81.5 cm³/mol. The smallest absolute Gasteiger partial charge is 0.242 e. The number of sulfonamides is 1. The second-order valence-electron chi connectivity index (χ2n) is 5.34. The molecule has 2 N–H and O–H groups in total. The highest BCUT2D eigenvalue weighted by Gasteiger charge is 2.21. The lowest BCUT2D eigenvalue weighted by Crippen LogP contribution is -2.37. The molecule has 0 bridgehead atoms. The third kappa shape index (κ3) is 3.81. The van der Waals surface area contributed by atoms with Gasteiger partial charge in [0, 0.05) is 26.3 Å². The van der Waals surface area contributed by atoms with Gasteiger partial charge < -0.3 is 10.6 Å². The summed E-state index contributed by atoms with van der Waals surface area (Å²) in [5, 5.41) is 6.03. The van der Waals surface area contributed by atoms with Gasteiger partial charge in [-0.25, -0.2) is 12.7 Å². The second kappa shape index (κ2) is 6.55. The number of rotatable bonds is 4. The number of nitrogens with zero attached hydrogens (tertiary/aromatic N) is 1.